The molecule has 0 atom stereocenters. The molecule has 1 saturated heterocycles. The highest BCUT2D eigenvalue weighted by Crippen LogP contribution is 2.26. The van der Waals surface area contributed by atoms with E-state index in [1.807, 2.05) is 29.2 Å². The lowest BCUT2D eigenvalue weighted by Gasteiger charge is -2.35. The highest BCUT2D eigenvalue weighted by atomic mass is 32.1. The highest BCUT2D eigenvalue weighted by Gasteiger charge is 2.23. The van der Waals surface area contributed by atoms with Gasteiger partial charge in [-0.15, -0.1) is 11.3 Å². The fourth-order valence-corrected chi connectivity index (χ4v) is 3.99. The van der Waals surface area contributed by atoms with Gasteiger partial charge in [-0.2, -0.15) is 5.10 Å². The number of rotatable bonds is 4. The lowest BCUT2D eigenvalue weighted by atomic mass is 10.1. The van der Waals surface area contributed by atoms with Gasteiger partial charge in [0.15, 0.2) is 5.82 Å². The van der Waals surface area contributed by atoms with Gasteiger partial charge in [-0.25, -0.2) is 0 Å². The molecule has 0 spiro atoms. The molecular formula is C20H22N4OS. The Morgan fingerprint density at radius 2 is 1.96 bits per heavy atom. The number of carbonyl (C=O) groups excluding carboxylic acids is 1. The average Bonchev–Trinajstić information content (AvgIpc) is 3.35. The van der Waals surface area contributed by atoms with Gasteiger partial charge in [0.05, 0.1) is 17.0 Å². The molecule has 0 radical (unpaired) electrons. The lowest BCUT2D eigenvalue weighted by Crippen LogP contribution is -2.49. The van der Waals surface area contributed by atoms with Crippen molar-refractivity contribution in [3.8, 4) is 10.6 Å². The minimum absolute atomic E-state index is 0.209. The number of thiophene rings is 1. The van der Waals surface area contributed by atoms with Gasteiger partial charge in [-0.3, -0.25) is 9.89 Å². The van der Waals surface area contributed by atoms with Crippen molar-refractivity contribution in [2.24, 2.45) is 0 Å². The molecule has 1 aliphatic rings. The van der Waals surface area contributed by atoms with Crippen molar-refractivity contribution in [2.75, 3.05) is 31.1 Å². The Labute approximate surface area is 157 Å². The maximum absolute atomic E-state index is 12.6. The van der Waals surface area contributed by atoms with E-state index in [1.165, 1.54) is 10.4 Å². The van der Waals surface area contributed by atoms with Crippen molar-refractivity contribution >= 4 is 23.1 Å². The van der Waals surface area contributed by atoms with E-state index in [4.69, 9.17) is 0 Å². The average molecular weight is 366 g/mol. The Hall–Kier alpha value is -2.60. The summed E-state index contributed by atoms with van der Waals surface area (Å²) >= 11 is 1.70. The first-order valence-electron chi connectivity index (χ1n) is 8.87. The van der Waals surface area contributed by atoms with Gasteiger partial charge in [-0.05, 0) is 29.5 Å². The minimum atomic E-state index is 0.209. The predicted octanol–water partition coefficient (Wildman–Crippen LogP) is 3.34. The zero-order valence-corrected chi connectivity index (χ0v) is 15.6. The largest absolute Gasteiger partial charge is 0.352 e. The van der Waals surface area contributed by atoms with Crippen LogP contribution in [0.2, 0.25) is 0 Å². The van der Waals surface area contributed by atoms with Crippen LogP contribution in [0.5, 0.6) is 0 Å². The van der Waals surface area contributed by atoms with Crippen molar-refractivity contribution in [3.63, 3.8) is 0 Å². The van der Waals surface area contributed by atoms with Crippen LogP contribution in [0.1, 0.15) is 11.1 Å². The quantitative estimate of drug-likeness (QED) is 0.770. The molecule has 1 amide bonds. The summed E-state index contributed by atoms with van der Waals surface area (Å²) in [6.45, 7) is 5.17. The highest BCUT2D eigenvalue weighted by molar-refractivity contribution is 7.13. The molecule has 4 rings (SSSR count). The Bertz CT molecular complexity index is 879. The van der Waals surface area contributed by atoms with E-state index in [1.54, 1.807) is 11.3 Å². The number of hydrogen-bond acceptors (Lipinski definition) is 4. The summed E-state index contributed by atoms with van der Waals surface area (Å²) in [5, 5.41) is 9.63. The lowest BCUT2D eigenvalue weighted by molar-refractivity contribution is -0.130. The normalized spacial score (nSPS) is 14.7. The molecule has 0 aliphatic carbocycles. The first-order valence-corrected chi connectivity index (χ1v) is 9.75. The molecule has 1 aliphatic heterocycles. The predicted molar refractivity (Wildman–Crippen MR) is 106 cm³/mol. The monoisotopic (exact) mass is 366 g/mol. The number of nitrogens with zero attached hydrogens (tertiary/aromatic N) is 3. The Kier molecular flexibility index (Phi) is 4.75. The number of amides is 1. The standard InChI is InChI=1S/C20H22N4OS/c1-15-5-2-3-6-16(15)13-20(25)24-10-8-23(9-11-24)19-14-17(21-22-19)18-7-4-12-26-18/h2-7,12,14H,8-11,13H2,1H3,(H,21,22). The van der Waals surface area contributed by atoms with Crippen molar-refractivity contribution in [1.29, 1.82) is 0 Å². The van der Waals surface area contributed by atoms with Crippen LogP contribution >= 0.6 is 11.3 Å². The van der Waals surface area contributed by atoms with E-state index in [0.29, 0.717) is 6.42 Å². The minimum Gasteiger partial charge on any atom is -0.352 e. The summed E-state index contributed by atoms with van der Waals surface area (Å²) in [5.74, 6) is 1.17. The zero-order valence-electron chi connectivity index (χ0n) is 14.8. The van der Waals surface area contributed by atoms with Crippen LogP contribution in [-0.2, 0) is 11.2 Å². The molecule has 2 aromatic heterocycles. The summed E-state index contributed by atoms with van der Waals surface area (Å²) in [4.78, 5) is 18.0. The second-order valence-corrected chi connectivity index (χ2v) is 7.54. The number of aromatic nitrogens is 2. The zero-order chi connectivity index (χ0) is 17.9. The second kappa shape index (κ2) is 7.33. The Morgan fingerprint density at radius 1 is 1.15 bits per heavy atom. The van der Waals surface area contributed by atoms with Gasteiger partial charge in [-0.1, -0.05) is 30.3 Å². The van der Waals surface area contributed by atoms with Crippen LogP contribution in [0.4, 0.5) is 5.82 Å². The van der Waals surface area contributed by atoms with E-state index in [2.05, 4.69) is 45.6 Å². The molecule has 5 nitrogen and oxygen atoms in total. The smallest absolute Gasteiger partial charge is 0.227 e. The van der Waals surface area contributed by atoms with Crippen molar-refractivity contribution in [3.05, 3.63) is 59.0 Å². The van der Waals surface area contributed by atoms with Crippen LogP contribution in [0.3, 0.4) is 0 Å². The molecule has 1 N–H and O–H groups in total. The maximum atomic E-state index is 12.6. The van der Waals surface area contributed by atoms with Crippen LogP contribution in [0, 0.1) is 6.92 Å². The first kappa shape index (κ1) is 16.8. The van der Waals surface area contributed by atoms with Gasteiger partial charge >= 0.3 is 0 Å². The van der Waals surface area contributed by atoms with Crippen LogP contribution < -0.4 is 4.90 Å². The number of carbonyl (C=O) groups is 1. The number of nitrogens with one attached hydrogen (secondary N) is 1. The van der Waals surface area contributed by atoms with Gasteiger partial charge < -0.3 is 9.80 Å². The van der Waals surface area contributed by atoms with E-state index in [9.17, 15) is 4.79 Å². The molecule has 3 aromatic rings. The summed E-state index contributed by atoms with van der Waals surface area (Å²) in [5.41, 5.74) is 3.35. The molecule has 0 bridgehead atoms. The molecule has 1 fully saturated rings. The fraction of sp³-hybridized carbons (Fsp3) is 0.300. The number of aryl methyl sites for hydroxylation is 1. The molecule has 3 heterocycles. The molecule has 26 heavy (non-hydrogen) atoms. The van der Waals surface area contributed by atoms with Crippen LogP contribution in [-0.4, -0.2) is 47.2 Å². The molecule has 134 valence electrons. The maximum Gasteiger partial charge on any atom is 0.227 e. The fourth-order valence-electron chi connectivity index (χ4n) is 3.30. The topological polar surface area (TPSA) is 52.2 Å². The number of piperazine rings is 1. The van der Waals surface area contributed by atoms with E-state index < -0.39 is 0 Å². The van der Waals surface area contributed by atoms with E-state index in [-0.39, 0.29) is 5.91 Å². The van der Waals surface area contributed by atoms with Gasteiger partial charge in [0.2, 0.25) is 5.91 Å². The summed E-state index contributed by atoms with van der Waals surface area (Å²) in [6, 6.07) is 14.3. The first-order chi connectivity index (χ1) is 12.7. The van der Waals surface area contributed by atoms with Gasteiger partial charge in [0, 0.05) is 32.2 Å². The second-order valence-electron chi connectivity index (χ2n) is 6.59. The summed E-state index contributed by atoms with van der Waals surface area (Å²) < 4.78 is 0. The SMILES string of the molecule is Cc1ccccc1CC(=O)N1CCN(c2cc(-c3cccs3)[nH]n2)CC1. The van der Waals surface area contributed by atoms with Crippen molar-refractivity contribution in [1.82, 2.24) is 15.1 Å². The third kappa shape index (κ3) is 3.51. The van der Waals surface area contributed by atoms with Crippen LogP contribution in [0.15, 0.2) is 47.8 Å². The van der Waals surface area contributed by atoms with Crippen LogP contribution in [0.25, 0.3) is 10.6 Å². The number of benzene rings is 1. The third-order valence-corrected chi connectivity index (χ3v) is 5.81. The Morgan fingerprint density at radius 3 is 2.69 bits per heavy atom. The van der Waals surface area contributed by atoms with Gasteiger partial charge in [0.25, 0.3) is 0 Å². The molecule has 0 saturated carbocycles. The number of aromatic amines is 1. The Balaban J connectivity index is 1.35. The van der Waals surface area contributed by atoms with E-state index in [0.717, 1.165) is 43.3 Å². The molecule has 0 unspecified atom stereocenters. The number of hydrogen-bond donors (Lipinski definition) is 1. The number of H-pyrrole nitrogens is 1. The van der Waals surface area contributed by atoms with E-state index >= 15 is 0 Å². The number of anilines is 1. The van der Waals surface area contributed by atoms with Gasteiger partial charge in [0.1, 0.15) is 0 Å². The van der Waals surface area contributed by atoms with Crippen molar-refractivity contribution < 1.29 is 4.79 Å². The van der Waals surface area contributed by atoms with Crippen molar-refractivity contribution in [2.45, 2.75) is 13.3 Å². The summed E-state index contributed by atoms with van der Waals surface area (Å²) in [7, 11) is 0. The molecular weight excluding hydrogens is 344 g/mol. The molecule has 6 heteroatoms. The molecule has 1 aromatic carbocycles. The summed E-state index contributed by atoms with van der Waals surface area (Å²) in [6.07, 6.45) is 0.484. The third-order valence-electron chi connectivity index (χ3n) is 4.91.